The molecule has 0 amide bonds. The zero-order valence-corrected chi connectivity index (χ0v) is 12.1. The molecule has 0 aliphatic rings. The molecule has 15 heavy (non-hydrogen) atoms. The van der Waals surface area contributed by atoms with Crippen molar-refractivity contribution in [2.75, 3.05) is 7.11 Å². The van der Waals surface area contributed by atoms with Crippen LogP contribution < -0.4 is 56.5 Å². The second-order valence-electron chi connectivity index (χ2n) is 2.72. The van der Waals surface area contributed by atoms with E-state index in [1.54, 1.807) is 25.1 Å². The van der Waals surface area contributed by atoms with E-state index in [0.717, 1.165) is 5.56 Å². The predicted molar refractivity (Wildman–Crippen MR) is 49.7 cm³/mol. The van der Waals surface area contributed by atoms with Gasteiger partial charge in [0.25, 0.3) is 0 Å². The maximum absolute atomic E-state index is 10.7. The Morgan fingerprint density at radius 2 is 2.00 bits per heavy atom. The number of carbonyl (C=O) groups is 1. The first-order valence-corrected chi connectivity index (χ1v) is 4.05. The molecule has 0 heterocycles. The van der Waals surface area contributed by atoms with Crippen LogP contribution in [0.25, 0.3) is 0 Å². The van der Waals surface area contributed by atoms with E-state index in [0.29, 0.717) is 5.56 Å². The van der Waals surface area contributed by atoms with Crippen LogP contribution in [0, 0.1) is 6.92 Å². The number of carboxylic acid groups (broad SMARTS) is 1. The van der Waals surface area contributed by atoms with Gasteiger partial charge in [-0.25, -0.2) is 0 Å². The average Bonchev–Trinajstić information content (AvgIpc) is 2.15. The summed E-state index contributed by atoms with van der Waals surface area (Å²) in [7, 11) is 1.29. The molecule has 5 heteroatoms. The van der Waals surface area contributed by atoms with Crippen LogP contribution >= 0.6 is 0 Å². The number of aliphatic carboxylic acids is 1. The van der Waals surface area contributed by atoms with Crippen LogP contribution in [0.2, 0.25) is 0 Å². The van der Waals surface area contributed by atoms with Crippen molar-refractivity contribution in [2.45, 2.75) is 6.92 Å². The minimum Gasteiger partial charge on any atom is -0.543 e. The molecule has 0 atom stereocenters. The molecule has 0 aromatic heterocycles. The fraction of sp³-hybridized carbons (Fsp3) is 0.200. The van der Waals surface area contributed by atoms with Gasteiger partial charge < -0.3 is 14.7 Å². The number of hydrogen-bond acceptors (Lipinski definition) is 4. The molecule has 0 saturated heterocycles. The van der Waals surface area contributed by atoms with E-state index in [2.05, 4.69) is 9.99 Å². The molecule has 1 rings (SSSR count). The Bertz CT molecular complexity index is 377. The Kier molecular flexibility index (Phi) is 7.04. The summed E-state index contributed by atoms with van der Waals surface area (Å²) >= 11 is 0. The largest absolute Gasteiger partial charge is 1.00 e. The van der Waals surface area contributed by atoms with Gasteiger partial charge in [-0.3, -0.25) is 0 Å². The molecule has 0 bridgehead atoms. The molecule has 0 radical (unpaired) electrons. The van der Waals surface area contributed by atoms with Gasteiger partial charge in [0.05, 0.1) is 5.97 Å². The van der Waals surface area contributed by atoms with Crippen molar-refractivity contribution in [1.29, 1.82) is 0 Å². The molecule has 0 N–H and O–H groups in total. The molecule has 0 fully saturated rings. The number of nitrogens with zero attached hydrogens (tertiary/aromatic N) is 1. The van der Waals surface area contributed by atoms with E-state index < -0.39 is 5.97 Å². The van der Waals surface area contributed by atoms with Gasteiger partial charge in [0.2, 0.25) is 0 Å². The zero-order valence-electron chi connectivity index (χ0n) is 8.98. The van der Waals surface area contributed by atoms with Crippen LogP contribution in [0.1, 0.15) is 11.1 Å². The third-order valence-electron chi connectivity index (χ3n) is 1.78. The van der Waals surface area contributed by atoms with Crippen molar-refractivity contribution in [3.05, 3.63) is 35.4 Å². The van der Waals surface area contributed by atoms with Crippen molar-refractivity contribution in [1.82, 2.24) is 0 Å². The minimum atomic E-state index is -1.35. The number of aryl methyl sites for hydroxylation is 1. The van der Waals surface area contributed by atoms with Crippen molar-refractivity contribution in [2.24, 2.45) is 5.16 Å². The quantitative estimate of drug-likeness (QED) is 0.318. The molecule has 1 aromatic carbocycles. The maximum Gasteiger partial charge on any atom is 1.00 e. The standard InChI is InChI=1S/C10H11NO3.K/c1-7-5-3-4-6-8(7)9(10(12)13)11-14-2;/h3-6H,1-2H3,(H,12,13);/q;+1/p-1. The first kappa shape index (κ1) is 14.8. The van der Waals surface area contributed by atoms with Crippen LogP contribution in [-0.2, 0) is 9.63 Å². The van der Waals surface area contributed by atoms with E-state index in [9.17, 15) is 9.90 Å². The Hall–Kier alpha value is -0.204. The first-order chi connectivity index (χ1) is 6.66. The van der Waals surface area contributed by atoms with Gasteiger partial charge in [-0.2, -0.15) is 0 Å². The zero-order chi connectivity index (χ0) is 10.6. The predicted octanol–water partition coefficient (Wildman–Crippen LogP) is -2.90. The number of hydrogen-bond donors (Lipinski definition) is 0. The molecule has 4 nitrogen and oxygen atoms in total. The smallest absolute Gasteiger partial charge is 0.543 e. The molecule has 0 saturated carbocycles. The van der Waals surface area contributed by atoms with E-state index in [1.165, 1.54) is 7.11 Å². The number of benzene rings is 1. The fourth-order valence-electron chi connectivity index (χ4n) is 1.13. The molecule has 0 aliphatic heterocycles. The Morgan fingerprint density at radius 1 is 1.40 bits per heavy atom. The third kappa shape index (κ3) is 4.04. The van der Waals surface area contributed by atoms with Crippen LogP contribution in [0.5, 0.6) is 0 Å². The summed E-state index contributed by atoms with van der Waals surface area (Å²) in [4.78, 5) is 15.2. The maximum atomic E-state index is 10.7. The second-order valence-corrected chi connectivity index (χ2v) is 2.72. The van der Waals surface area contributed by atoms with Gasteiger partial charge in [-0.1, -0.05) is 29.4 Å². The summed E-state index contributed by atoms with van der Waals surface area (Å²) in [6, 6.07) is 7.00. The van der Waals surface area contributed by atoms with E-state index in [-0.39, 0.29) is 57.1 Å². The Balaban J connectivity index is 0.00000196. The second kappa shape index (κ2) is 7.13. The third-order valence-corrected chi connectivity index (χ3v) is 1.78. The normalized spacial score (nSPS) is 10.4. The van der Waals surface area contributed by atoms with Gasteiger partial charge in [0.1, 0.15) is 12.8 Å². The first-order valence-electron chi connectivity index (χ1n) is 4.05. The molecule has 0 unspecified atom stereocenters. The molecular weight excluding hydrogens is 221 g/mol. The van der Waals surface area contributed by atoms with Crippen LogP contribution in [0.15, 0.2) is 29.4 Å². The number of carboxylic acids is 1. The van der Waals surface area contributed by atoms with Crippen molar-refractivity contribution < 1.29 is 66.1 Å². The molecule has 1 aromatic rings. The molecular formula is C10H10KNO3. The summed E-state index contributed by atoms with van der Waals surface area (Å²) in [6.45, 7) is 1.80. The van der Waals surface area contributed by atoms with Crippen LogP contribution in [0.3, 0.4) is 0 Å². The average molecular weight is 231 g/mol. The molecule has 74 valence electrons. The summed E-state index contributed by atoms with van der Waals surface area (Å²) in [6.07, 6.45) is 0. The number of carbonyl (C=O) groups excluding carboxylic acids is 1. The van der Waals surface area contributed by atoms with Gasteiger partial charge in [0, 0.05) is 5.56 Å². The minimum absolute atomic E-state index is 0. The Labute approximate surface area is 131 Å². The molecule has 0 aliphatic carbocycles. The SMILES string of the molecule is CON=C(C(=O)[O-])c1ccccc1C.[K+]. The van der Waals surface area contributed by atoms with Gasteiger partial charge >= 0.3 is 51.4 Å². The molecule has 0 spiro atoms. The number of oxime groups is 1. The van der Waals surface area contributed by atoms with Crippen molar-refractivity contribution in [3.63, 3.8) is 0 Å². The Morgan fingerprint density at radius 3 is 2.47 bits per heavy atom. The van der Waals surface area contributed by atoms with Crippen LogP contribution in [0.4, 0.5) is 0 Å². The topological polar surface area (TPSA) is 61.7 Å². The van der Waals surface area contributed by atoms with Crippen molar-refractivity contribution in [3.8, 4) is 0 Å². The van der Waals surface area contributed by atoms with Crippen LogP contribution in [-0.4, -0.2) is 18.8 Å². The summed E-state index contributed by atoms with van der Waals surface area (Å²) in [5.74, 6) is -1.35. The fourth-order valence-corrected chi connectivity index (χ4v) is 1.13. The van der Waals surface area contributed by atoms with Gasteiger partial charge in [0.15, 0.2) is 0 Å². The monoisotopic (exact) mass is 231 g/mol. The van der Waals surface area contributed by atoms with E-state index >= 15 is 0 Å². The van der Waals surface area contributed by atoms with Crippen molar-refractivity contribution >= 4 is 11.7 Å². The van der Waals surface area contributed by atoms with E-state index in [4.69, 9.17) is 0 Å². The summed E-state index contributed by atoms with van der Waals surface area (Å²) < 4.78 is 0. The summed E-state index contributed by atoms with van der Waals surface area (Å²) in [5, 5.41) is 14.1. The van der Waals surface area contributed by atoms with E-state index in [1.807, 2.05) is 6.07 Å². The number of rotatable bonds is 3. The van der Waals surface area contributed by atoms with Gasteiger partial charge in [-0.05, 0) is 12.5 Å². The summed E-state index contributed by atoms with van der Waals surface area (Å²) in [5.41, 5.74) is 1.13. The van der Waals surface area contributed by atoms with Gasteiger partial charge in [-0.15, -0.1) is 0 Å².